The van der Waals surface area contributed by atoms with Crippen molar-refractivity contribution in [3.8, 4) is 5.69 Å². The number of rotatable bonds is 2. The molecule has 0 aliphatic heterocycles. The Hall–Kier alpha value is -2.21. The molecule has 17 heavy (non-hydrogen) atoms. The van der Waals surface area contributed by atoms with Crippen LogP contribution < -0.4 is 16.8 Å². The molecule has 5 nitrogen and oxygen atoms in total. The fraction of sp³-hybridized carbons (Fsp3) is 0.0909. The molecule has 88 valence electrons. The average Bonchev–Trinajstić information content (AvgIpc) is 2.33. The van der Waals surface area contributed by atoms with E-state index in [4.69, 9.17) is 5.84 Å². The molecular formula is C11H11FN4O. The summed E-state index contributed by atoms with van der Waals surface area (Å²) in [7, 11) is 0. The molecule has 1 aromatic heterocycles. The maximum atomic E-state index is 13.1. The van der Waals surface area contributed by atoms with Crippen LogP contribution in [-0.4, -0.2) is 9.55 Å². The van der Waals surface area contributed by atoms with E-state index in [1.807, 2.05) is 0 Å². The van der Waals surface area contributed by atoms with Crippen molar-refractivity contribution >= 4 is 5.82 Å². The molecule has 0 saturated heterocycles. The van der Waals surface area contributed by atoms with Crippen LogP contribution in [0.15, 0.2) is 35.4 Å². The Morgan fingerprint density at radius 3 is 2.88 bits per heavy atom. The molecule has 3 N–H and O–H groups in total. The third-order valence-corrected chi connectivity index (χ3v) is 2.40. The largest absolute Gasteiger partial charge is 0.304 e. The van der Waals surface area contributed by atoms with Gasteiger partial charge in [0, 0.05) is 18.1 Å². The molecule has 1 aromatic carbocycles. The van der Waals surface area contributed by atoms with Gasteiger partial charge in [0.1, 0.15) is 5.82 Å². The van der Waals surface area contributed by atoms with Gasteiger partial charge < -0.3 is 5.43 Å². The number of hydrogen-bond donors (Lipinski definition) is 2. The molecule has 2 rings (SSSR count). The number of hydrogen-bond acceptors (Lipinski definition) is 4. The fourth-order valence-corrected chi connectivity index (χ4v) is 1.49. The molecule has 0 saturated carbocycles. The first kappa shape index (κ1) is 11.3. The van der Waals surface area contributed by atoms with Crippen LogP contribution in [0.5, 0.6) is 0 Å². The molecule has 6 heteroatoms. The number of hydrazine groups is 1. The summed E-state index contributed by atoms with van der Waals surface area (Å²) in [6, 6.07) is 4.41. The standard InChI is InChI=1S/C11H11FN4O/c1-7-6-8(2-3-9(7)12)16-5-4-14-10(15-13)11(16)17/h2-6H,13H2,1H3,(H,14,15). The summed E-state index contributed by atoms with van der Waals surface area (Å²) in [6.07, 6.45) is 2.94. The van der Waals surface area contributed by atoms with E-state index in [9.17, 15) is 9.18 Å². The van der Waals surface area contributed by atoms with Crippen LogP contribution in [-0.2, 0) is 0 Å². The van der Waals surface area contributed by atoms with Gasteiger partial charge in [-0.25, -0.2) is 15.2 Å². The third kappa shape index (κ3) is 2.02. The minimum absolute atomic E-state index is 0.0366. The molecule has 0 spiro atoms. The Morgan fingerprint density at radius 2 is 2.24 bits per heavy atom. The van der Waals surface area contributed by atoms with E-state index in [2.05, 4.69) is 10.4 Å². The van der Waals surface area contributed by atoms with Crippen molar-refractivity contribution in [3.05, 3.63) is 52.3 Å². The number of halogens is 1. The van der Waals surface area contributed by atoms with Crippen LogP contribution in [0.4, 0.5) is 10.2 Å². The van der Waals surface area contributed by atoms with E-state index in [1.54, 1.807) is 13.0 Å². The Labute approximate surface area is 96.7 Å². The van der Waals surface area contributed by atoms with Gasteiger partial charge in [0.25, 0.3) is 5.56 Å². The van der Waals surface area contributed by atoms with Crippen molar-refractivity contribution < 1.29 is 4.39 Å². The van der Waals surface area contributed by atoms with E-state index < -0.39 is 0 Å². The van der Waals surface area contributed by atoms with Crippen molar-refractivity contribution in [1.29, 1.82) is 0 Å². The van der Waals surface area contributed by atoms with Crippen LogP contribution in [0.2, 0.25) is 0 Å². The van der Waals surface area contributed by atoms with E-state index in [0.717, 1.165) is 0 Å². The normalized spacial score (nSPS) is 10.3. The molecule has 0 unspecified atom stereocenters. The first-order valence-electron chi connectivity index (χ1n) is 4.94. The zero-order valence-electron chi connectivity index (χ0n) is 9.14. The SMILES string of the molecule is Cc1cc(-n2ccnc(NN)c2=O)ccc1F. The van der Waals surface area contributed by atoms with Crippen LogP contribution in [0, 0.1) is 12.7 Å². The van der Waals surface area contributed by atoms with Crippen LogP contribution in [0.3, 0.4) is 0 Å². The highest BCUT2D eigenvalue weighted by Gasteiger charge is 2.06. The lowest BCUT2D eigenvalue weighted by atomic mass is 10.2. The van der Waals surface area contributed by atoms with Gasteiger partial charge in [-0.1, -0.05) is 0 Å². The molecule has 0 atom stereocenters. The summed E-state index contributed by atoms with van der Waals surface area (Å²) in [5.74, 6) is 4.89. The average molecular weight is 234 g/mol. The molecule has 2 aromatic rings. The molecule has 0 aliphatic carbocycles. The number of nitrogen functional groups attached to an aromatic ring is 1. The lowest BCUT2D eigenvalue weighted by Crippen LogP contribution is -2.25. The highest BCUT2D eigenvalue weighted by molar-refractivity contribution is 5.39. The zero-order chi connectivity index (χ0) is 12.4. The Balaban J connectivity index is 2.61. The van der Waals surface area contributed by atoms with E-state index in [0.29, 0.717) is 11.3 Å². The summed E-state index contributed by atoms with van der Waals surface area (Å²) >= 11 is 0. The summed E-state index contributed by atoms with van der Waals surface area (Å²) in [5.41, 5.74) is 2.85. The second-order valence-corrected chi connectivity index (χ2v) is 3.53. The van der Waals surface area contributed by atoms with Crippen LogP contribution in [0.25, 0.3) is 5.69 Å². The van der Waals surface area contributed by atoms with Gasteiger partial charge in [-0.2, -0.15) is 0 Å². The molecule has 1 heterocycles. The highest BCUT2D eigenvalue weighted by atomic mass is 19.1. The van der Waals surface area contributed by atoms with Crippen LogP contribution >= 0.6 is 0 Å². The highest BCUT2D eigenvalue weighted by Crippen LogP contribution is 2.12. The number of benzene rings is 1. The molecular weight excluding hydrogens is 223 g/mol. The fourth-order valence-electron chi connectivity index (χ4n) is 1.49. The van der Waals surface area contributed by atoms with Crippen molar-refractivity contribution in [3.63, 3.8) is 0 Å². The third-order valence-electron chi connectivity index (χ3n) is 2.40. The molecule has 0 amide bonds. The Kier molecular flexibility index (Phi) is 2.88. The van der Waals surface area contributed by atoms with Gasteiger partial charge in [-0.15, -0.1) is 0 Å². The predicted octanol–water partition coefficient (Wildman–Crippen LogP) is 0.966. The molecule has 0 radical (unpaired) electrons. The van der Waals surface area contributed by atoms with Crippen molar-refractivity contribution in [2.24, 2.45) is 5.84 Å². The maximum absolute atomic E-state index is 13.1. The maximum Gasteiger partial charge on any atom is 0.299 e. The second-order valence-electron chi connectivity index (χ2n) is 3.53. The topological polar surface area (TPSA) is 72.9 Å². The summed E-state index contributed by atoms with van der Waals surface area (Å²) in [5, 5.41) is 0. The summed E-state index contributed by atoms with van der Waals surface area (Å²) in [6.45, 7) is 1.63. The predicted molar refractivity (Wildman–Crippen MR) is 62.3 cm³/mol. The lowest BCUT2D eigenvalue weighted by Gasteiger charge is -2.08. The molecule has 0 bridgehead atoms. The minimum atomic E-state index is -0.388. The first-order chi connectivity index (χ1) is 8.13. The number of nitrogens with two attached hydrogens (primary N) is 1. The second kappa shape index (κ2) is 4.34. The quantitative estimate of drug-likeness (QED) is 0.599. The van der Waals surface area contributed by atoms with Crippen molar-refractivity contribution in [2.75, 3.05) is 5.43 Å². The molecule has 0 fully saturated rings. The minimum Gasteiger partial charge on any atom is -0.304 e. The molecule has 0 aliphatic rings. The van der Waals surface area contributed by atoms with Gasteiger partial charge in [-0.3, -0.25) is 9.36 Å². The monoisotopic (exact) mass is 234 g/mol. The first-order valence-corrected chi connectivity index (χ1v) is 4.94. The van der Waals surface area contributed by atoms with Gasteiger partial charge in [0.2, 0.25) is 5.82 Å². The van der Waals surface area contributed by atoms with Gasteiger partial charge >= 0.3 is 0 Å². The Bertz CT molecular complexity index is 609. The van der Waals surface area contributed by atoms with Gasteiger partial charge in [0.15, 0.2) is 0 Å². The smallest absolute Gasteiger partial charge is 0.299 e. The number of nitrogens with one attached hydrogen (secondary N) is 1. The Morgan fingerprint density at radius 1 is 1.47 bits per heavy atom. The number of aromatic nitrogens is 2. The van der Waals surface area contributed by atoms with Crippen molar-refractivity contribution in [2.45, 2.75) is 6.92 Å². The van der Waals surface area contributed by atoms with E-state index >= 15 is 0 Å². The van der Waals surface area contributed by atoms with Crippen molar-refractivity contribution in [1.82, 2.24) is 9.55 Å². The van der Waals surface area contributed by atoms with E-state index in [1.165, 1.54) is 29.1 Å². The van der Waals surface area contributed by atoms with Gasteiger partial charge in [-0.05, 0) is 30.7 Å². The zero-order valence-corrected chi connectivity index (χ0v) is 9.14. The lowest BCUT2D eigenvalue weighted by molar-refractivity contribution is 0.618. The number of aryl methyl sites for hydroxylation is 1. The summed E-state index contributed by atoms with van der Waals surface area (Å²) < 4.78 is 14.5. The number of nitrogens with zero attached hydrogens (tertiary/aromatic N) is 2. The van der Waals surface area contributed by atoms with Gasteiger partial charge in [0.05, 0.1) is 0 Å². The number of anilines is 1. The van der Waals surface area contributed by atoms with Crippen LogP contribution in [0.1, 0.15) is 5.56 Å². The van der Waals surface area contributed by atoms with E-state index in [-0.39, 0.29) is 17.2 Å². The summed E-state index contributed by atoms with van der Waals surface area (Å²) in [4.78, 5) is 15.6.